The molecule has 0 aliphatic carbocycles. The van der Waals surface area contributed by atoms with Crippen LogP contribution in [0.5, 0.6) is 17.2 Å². The van der Waals surface area contributed by atoms with Crippen molar-refractivity contribution in [2.45, 2.75) is 6.92 Å². The van der Waals surface area contributed by atoms with Gasteiger partial charge in [0.2, 0.25) is 5.91 Å². The number of ether oxygens (including phenoxy) is 3. The highest BCUT2D eigenvalue weighted by atomic mass is 35.5. The number of amides is 2. The van der Waals surface area contributed by atoms with Crippen LogP contribution in [-0.4, -0.2) is 42.4 Å². The zero-order valence-corrected chi connectivity index (χ0v) is 17.5. The molecule has 162 valence electrons. The second-order valence-corrected chi connectivity index (χ2v) is 6.78. The van der Waals surface area contributed by atoms with E-state index >= 15 is 0 Å². The number of carbonyl (C=O) groups is 2. The minimum Gasteiger partial charge on any atom is -0.489 e. The summed E-state index contributed by atoms with van der Waals surface area (Å²) in [5.41, 5.74) is 1.30. The average Bonchev–Trinajstić information content (AvgIpc) is 2.70. The van der Waals surface area contributed by atoms with E-state index < -0.39 is 6.09 Å². The summed E-state index contributed by atoms with van der Waals surface area (Å²) in [6, 6.07) is 9.66. The van der Waals surface area contributed by atoms with Gasteiger partial charge in [-0.3, -0.25) is 15.1 Å². The number of carbonyl (C=O) groups excluding carboxylic acids is 1. The fourth-order valence-corrected chi connectivity index (χ4v) is 3.00. The largest absolute Gasteiger partial charge is 0.489 e. The first-order valence-electron chi connectivity index (χ1n) is 9.17. The lowest BCUT2D eigenvalue weighted by molar-refractivity contribution is -0.114. The molecule has 2 amide bonds. The van der Waals surface area contributed by atoms with Gasteiger partial charge in [-0.2, -0.15) is 0 Å². The van der Waals surface area contributed by atoms with Gasteiger partial charge in [0.15, 0.2) is 0 Å². The Morgan fingerprint density at radius 2 is 1.87 bits per heavy atom. The zero-order chi connectivity index (χ0) is 22.4. The quantitative estimate of drug-likeness (QED) is 0.428. The molecule has 0 fully saturated rings. The molecular formula is C21H20ClN3O6. The van der Waals surface area contributed by atoms with Gasteiger partial charge in [0.1, 0.15) is 23.9 Å². The van der Waals surface area contributed by atoms with Gasteiger partial charge in [-0.25, -0.2) is 4.79 Å². The number of benzene rings is 2. The summed E-state index contributed by atoms with van der Waals surface area (Å²) in [6.07, 6.45) is 0.362. The minimum atomic E-state index is -1.22. The van der Waals surface area contributed by atoms with Gasteiger partial charge in [-0.1, -0.05) is 11.6 Å². The van der Waals surface area contributed by atoms with Crippen molar-refractivity contribution in [3.05, 3.63) is 47.6 Å². The third kappa shape index (κ3) is 5.74. The molecule has 3 N–H and O–H groups in total. The SMILES string of the molecule is COCCOc1cc2nccc(Oc3ccc(NC(=O)O)c(Cl)c3)c2cc1NC(C)=O. The maximum atomic E-state index is 11.7. The predicted molar refractivity (Wildman–Crippen MR) is 117 cm³/mol. The van der Waals surface area contributed by atoms with Crippen molar-refractivity contribution in [3.63, 3.8) is 0 Å². The molecular weight excluding hydrogens is 426 g/mol. The van der Waals surface area contributed by atoms with Crippen LogP contribution in [0.3, 0.4) is 0 Å². The molecule has 1 heterocycles. The van der Waals surface area contributed by atoms with Gasteiger partial charge < -0.3 is 24.6 Å². The van der Waals surface area contributed by atoms with Crippen molar-refractivity contribution < 1.29 is 28.9 Å². The van der Waals surface area contributed by atoms with Crippen LogP contribution in [0.1, 0.15) is 6.92 Å². The van der Waals surface area contributed by atoms with E-state index in [2.05, 4.69) is 15.6 Å². The number of carboxylic acid groups (broad SMARTS) is 1. The molecule has 0 radical (unpaired) electrons. The van der Waals surface area contributed by atoms with E-state index in [9.17, 15) is 9.59 Å². The molecule has 31 heavy (non-hydrogen) atoms. The Morgan fingerprint density at radius 1 is 1.06 bits per heavy atom. The Hall–Kier alpha value is -3.56. The van der Waals surface area contributed by atoms with Gasteiger partial charge in [-0.15, -0.1) is 0 Å². The number of nitrogens with one attached hydrogen (secondary N) is 2. The van der Waals surface area contributed by atoms with E-state index in [0.29, 0.717) is 47.1 Å². The van der Waals surface area contributed by atoms with Crippen LogP contribution < -0.4 is 20.1 Å². The van der Waals surface area contributed by atoms with Crippen molar-refractivity contribution in [1.29, 1.82) is 0 Å². The lowest BCUT2D eigenvalue weighted by Gasteiger charge is -2.15. The van der Waals surface area contributed by atoms with E-state index in [1.165, 1.54) is 19.1 Å². The molecule has 0 bridgehead atoms. The minimum absolute atomic E-state index is 0.186. The van der Waals surface area contributed by atoms with Gasteiger partial charge in [0.05, 0.1) is 28.5 Å². The second-order valence-electron chi connectivity index (χ2n) is 6.37. The molecule has 0 unspecified atom stereocenters. The standard InChI is InChI=1S/C21H20ClN3O6/c1-12(26)24-18-10-14-17(11-20(18)30-8-7-29-2)23-6-5-19(14)31-13-3-4-16(15(22)9-13)25-21(27)28/h3-6,9-11,25H,7-8H2,1-2H3,(H,24,26)(H,27,28). The van der Waals surface area contributed by atoms with Crippen LogP contribution in [0.15, 0.2) is 42.6 Å². The van der Waals surface area contributed by atoms with E-state index in [0.717, 1.165) is 0 Å². The Morgan fingerprint density at radius 3 is 2.55 bits per heavy atom. The van der Waals surface area contributed by atoms with E-state index in [1.807, 2.05) is 0 Å². The summed E-state index contributed by atoms with van der Waals surface area (Å²) in [5, 5.41) is 14.6. The Bertz CT molecular complexity index is 1120. The summed E-state index contributed by atoms with van der Waals surface area (Å²) < 4.78 is 16.7. The fraction of sp³-hybridized carbons (Fsp3) is 0.190. The maximum Gasteiger partial charge on any atom is 0.409 e. The Kier molecular flexibility index (Phi) is 7.11. The molecule has 10 heteroatoms. The highest BCUT2D eigenvalue weighted by Crippen LogP contribution is 2.37. The number of pyridine rings is 1. The molecule has 0 saturated heterocycles. The summed E-state index contributed by atoms with van der Waals surface area (Å²) >= 11 is 6.13. The van der Waals surface area contributed by atoms with Crippen molar-refractivity contribution in [3.8, 4) is 17.2 Å². The summed E-state index contributed by atoms with van der Waals surface area (Å²) in [7, 11) is 1.57. The molecule has 3 rings (SSSR count). The number of rotatable bonds is 8. The first kappa shape index (κ1) is 22.1. The second kappa shape index (κ2) is 9.96. The third-order valence-corrected chi connectivity index (χ3v) is 4.38. The van der Waals surface area contributed by atoms with Gasteiger partial charge in [0.25, 0.3) is 0 Å². The predicted octanol–water partition coefficient (Wildman–Crippen LogP) is 4.75. The van der Waals surface area contributed by atoms with Crippen LogP contribution in [-0.2, 0) is 9.53 Å². The van der Waals surface area contributed by atoms with Gasteiger partial charge in [-0.05, 0) is 24.3 Å². The van der Waals surface area contributed by atoms with E-state index in [1.54, 1.807) is 37.6 Å². The Balaban J connectivity index is 1.96. The van der Waals surface area contributed by atoms with E-state index in [4.69, 9.17) is 30.9 Å². The molecule has 2 aromatic carbocycles. The first-order valence-corrected chi connectivity index (χ1v) is 9.54. The lowest BCUT2D eigenvalue weighted by atomic mass is 10.1. The number of nitrogens with zero attached hydrogens (tertiary/aromatic N) is 1. The van der Waals surface area contributed by atoms with E-state index in [-0.39, 0.29) is 16.6 Å². The number of halogens is 1. The third-order valence-electron chi connectivity index (χ3n) is 4.07. The maximum absolute atomic E-state index is 11.7. The molecule has 0 aliphatic heterocycles. The number of hydrogen-bond acceptors (Lipinski definition) is 6. The van der Waals surface area contributed by atoms with Crippen molar-refractivity contribution in [2.24, 2.45) is 0 Å². The molecule has 9 nitrogen and oxygen atoms in total. The van der Waals surface area contributed by atoms with Crippen LogP contribution in [0.4, 0.5) is 16.2 Å². The van der Waals surface area contributed by atoms with Crippen molar-refractivity contribution in [2.75, 3.05) is 31.0 Å². The molecule has 0 spiro atoms. The number of fused-ring (bicyclic) bond motifs is 1. The highest BCUT2D eigenvalue weighted by Gasteiger charge is 2.13. The average molecular weight is 446 g/mol. The highest BCUT2D eigenvalue weighted by molar-refractivity contribution is 6.33. The molecule has 1 aromatic heterocycles. The summed E-state index contributed by atoms with van der Waals surface area (Å²) in [6.45, 7) is 2.10. The fourth-order valence-electron chi connectivity index (χ4n) is 2.78. The van der Waals surface area contributed by atoms with Crippen LogP contribution in [0.2, 0.25) is 5.02 Å². The summed E-state index contributed by atoms with van der Waals surface area (Å²) in [5.74, 6) is 1.07. The van der Waals surface area contributed by atoms with Gasteiger partial charge >= 0.3 is 6.09 Å². The monoisotopic (exact) mass is 445 g/mol. The molecule has 0 saturated carbocycles. The Labute approximate surface area is 182 Å². The molecule has 0 aliphatic rings. The first-order chi connectivity index (χ1) is 14.9. The number of anilines is 2. The zero-order valence-electron chi connectivity index (χ0n) is 16.8. The van der Waals surface area contributed by atoms with Crippen LogP contribution in [0.25, 0.3) is 10.9 Å². The normalized spacial score (nSPS) is 10.5. The molecule has 3 aromatic rings. The lowest BCUT2D eigenvalue weighted by Crippen LogP contribution is -2.10. The molecule has 0 atom stereocenters. The van der Waals surface area contributed by atoms with Gasteiger partial charge in [0, 0.05) is 37.7 Å². The number of methoxy groups -OCH3 is 1. The van der Waals surface area contributed by atoms with Crippen molar-refractivity contribution in [1.82, 2.24) is 4.98 Å². The van der Waals surface area contributed by atoms with Crippen molar-refractivity contribution >= 4 is 45.9 Å². The number of aromatic nitrogens is 1. The summed E-state index contributed by atoms with van der Waals surface area (Å²) in [4.78, 5) is 26.8. The van der Waals surface area contributed by atoms with Crippen LogP contribution >= 0.6 is 11.6 Å². The number of hydrogen-bond donors (Lipinski definition) is 3. The van der Waals surface area contributed by atoms with Crippen LogP contribution in [0, 0.1) is 0 Å². The topological polar surface area (TPSA) is 119 Å². The smallest absolute Gasteiger partial charge is 0.409 e.